The molecule has 2 N–H and O–H groups in total. The van der Waals surface area contributed by atoms with Crippen LogP contribution < -0.4 is 5.32 Å². The molecule has 0 saturated carbocycles. The molecule has 0 radical (unpaired) electrons. The Morgan fingerprint density at radius 2 is 2.00 bits per heavy atom. The van der Waals surface area contributed by atoms with Crippen LogP contribution in [0.2, 0.25) is 0 Å². The van der Waals surface area contributed by atoms with E-state index in [0.29, 0.717) is 25.9 Å². The predicted octanol–water partition coefficient (Wildman–Crippen LogP) is 3.21. The molecule has 1 aromatic heterocycles. The third-order valence-electron chi connectivity index (χ3n) is 4.54. The topological polar surface area (TPSA) is 65.5 Å². The van der Waals surface area contributed by atoms with Gasteiger partial charge in [-0.2, -0.15) is 0 Å². The number of hydrogen-bond donors (Lipinski definition) is 2. The average Bonchev–Trinajstić information content (AvgIpc) is 3.03. The zero-order chi connectivity index (χ0) is 17.2. The van der Waals surface area contributed by atoms with Crippen molar-refractivity contribution in [1.82, 2.24) is 15.2 Å². The van der Waals surface area contributed by atoms with Crippen molar-refractivity contribution in [2.75, 3.05) is 13.1 Å². The second kappa shape index (κ2) is 6.91. The molecule has 1 aliphatic rings. The Labute approximate surface area is 146 Å². The van der Waals surface area contributed by atoms with E-state index in [4.69, 9.17) is 0 Å². The van der Waals surface area contributed by atoms with Gasteiger partial charge in [-0.3, -0.25) is 0 Å². The molecule has 0 aliphatic carbocycles. The first-order valence-electron chi connectivity index (χ1n) is 8.23. The van der Waals surface area contributed by atoms with Crippen molar-refractivity contribution in [3.63, 3.8) is 0 Å². The van der Waals surface area contributed by atoms with Gasteiger partial charge in [-0.1, -0.05) is 30.3 Å². The van der Waals surface area contributed by atoms with Crippen LogP contribution in [-0.2, 0) is 5.60 Å². The fraction of sp³-hybridized carbons (Fsp3) is 0.444. The van der Waals surface area contributed by atoms with Crippen molar-refractivity contribution in [3.8, 4) is 0 Å². The van der Waals surface area contributed by atoms with Crippen molar-refractivity contribution >= 4 is 17.4 Å². The second-order valence-electron chi connectivity index (χ2n) is 6.38. The Morgan fingerprint density at radius 3 is 2.58 bits per heavy atom. The van der Waals surface area contributed by atoms with Crippen LogP contribution in [0.25, 0.3) is 0 Å². The molecule has 1 atom stereocenters. The van der Waals surface area contributed by atoms with E-state index in [2.05, 4.69) is 10.3 Å². The lowest BCUT2D eigenvalue weighted by Crippen LogP contribution is -2.49. The minimum absolute atomic E-state index is 0.0922. The fourth-order valence-electron chi connectivity index (χ4n) is 3.03. The Kier molecular flexibility index (Phi) is 4.87. The lowest BCUT2D eigenvalue weighted by molar-refractivity contribution is -0.0169. The molecule has 2 amide bonds. The van der Waals surface area contributed by atoms with Crippen LogP contribution in [0.1, 0.15) is 42.1 Å². The Balaban J connectivity index is 1.57. The van der Waals surface area contributed by atoms with Gasteiger partial charge in [0.25, 0.3) is 0 Å². The standard InChI is InChI=1S/C18H23N3O2S/c1-13-12-24-16(19-13)14(2)20-17(22)21-10-8-18(23,9-11-21)15-6-4-3-5-7-15/h3-7,12,14,23H,8-11H2,1-2H3,(H,20,22)/t14-/m0/s1. The fourth-order valence-corrected chi connectivity index (χ4v) is 3.83. The van der Waals surface area contributed by atoms with Crippen LogP contribution in [0.15, 0.2) is 35.7 Å². The van der Waals surface area contributed by atoms with Gasteiger partial charge in [0.2, 0.25) is 0 Å². The summed E-state index contributed by atoms with van der Waals surface area (Å²) in [7, 11) is 0. The van der Waals surface area contributed by atoms with Crippen molar-refractivity contribution in [2.24, 2.45) is 0 Å². The highest BCUT2D eigenvalue weighted by Crippen LogP contribution is 2.32. The molecule has 1 aromatic carbocycles. The highest BCUT2D eigenvalue weighted by atomic mass is 32.1. The maximum Gasteiger partial charge on any atom is 0.317 e. The second-order valence-corrected chi connectivity index (χ2v) is 7.27. The molecule has 0 bridgehead atoms. The first-order valence-corrected chi connectivity index (χ1v) is 9.11. The maximum atomic E-state index is 12.4. The van der Waals surface area contributed by atoms with E-state index in [9.17, 15) is 9.90 Å². The van der Waals surface area contributed by atoms with Crippen LogP contribution in [0.5, 0.6) is 0 Å². The van der Waals surface area contributed by atoms with E-state index in [1.54, 1.807) is 16.2 Å². The number of piperidine rings is 1. The minimum atomic E-state index is -0.837. The molecular weight excluding hydrogens is 322 g/mol. The third kappa shape index (κ3) is 3.60. The molecule has 3 rings (SSSR count). The van der Waals surface area contributed by atoms with Crippen LogP contribution in [0, 0.1) is 6.92 Å². The first kappa shape index (κ1) is 16.9. The number of nitrogens with zero attached hydrogens (tertiary/aromatic N) is 2. The number of carbonyl (C=O) groups is 1. The molecule has 5 nitrogen and oxygen atoms in total. The number of likely N-dealkylation sites (tertiary alicyclic amines) is 1. The molecule has 0 unspecified atom stereocenters. The molecule has 6 heteroatoms. The number of urea groups is 1. The van der Waals surface area contributed by atoms with E-state index < -0.39 is 5.60 Å². The van der Waals surface area contributed by atoms with Crippen LogP contribution in [0.3, 0.4) is 0 Å². The predicted molar refractivity (Wildman–Crippen MR) is 94.9 cm³/mol. The number of benzene rings is 1. The van der Waals surface area contributed by atoms with Gasteiger partial charge in [0.05, 0.1) is 11.6 Å². The Morgan fingerprint density at radius 1 is 1.33 bits per heavy atom. The molecule has 1 saturated heterocycles. The molecule has 24 heavy (non-hydrogen) atoms. The van der Waals surface area contributed by atoms with Crippen LogP contribution in [0.4, 0.5) is 4.79 Å². The van der Waals surface area contributed by atoms with Crippen LogP contribution in [-0.4, -0.2) is 34.1 Å². The molecule has 0 spiro atoms. The summed E-state index contributed by atoms with van der Waals surface area (Å²) in [6.45, 7) is 4.98. The van der Waals surface area contributed by atoms with E-state index in [1.165, 1.54) is 0 Å². The van der Waals surface area contributed by atoms with Gasteiger partial charge in [0, 0.05) is 24.2 Å². The number of aliphatic hydroxyl groups is 1. The minimum Gasteiger partial charge on any atom is -0.385 e. The SMILES string of the molecule is Cc1csc([C@H](C)NC(=O)N2CCC(O)(c3ccccc3)CC2)n1. The molecule has 128 valence electrons. The molecule has 2 aromatic rings. The Bertz CT molecular complexity index is 693. The number of hydrogen-bond acceptors (Lipinski definition) is 4. The highest BCUT2D eigenvalue weighted by Gasteiger charge is 2.35. The number of nitrogens with one attached hydrogen (secondary N) is 1. The van der Waals surface area contributed by atoms with Gasteiger partial charge >= 0.3 is 6.03 Å². The largest absolute Gasteiger partial charge is 0.385 e. The summed E-state index contributed by atoms with van der Waals surface area (Å²) in [6.07, 6.45) is 1.10. The normalized spacial score (nSPS) is 18.2. The maximum absolute atomic E-state index is 12.4. The average molecular weight is 345 g/mol. The highest BCUT2D eigenvalue weighted by molar-refractivity contribution is 7.09. The Hall–Kier alpha value is -1.92. The first-order chi connectivity index (χ1) is 11.5. The van der Waals surface area contributed by atoms with E-state index in [-0.39, 0.29) is 12.1 Å². The number of carbonyl (C=O) groups excluding carboxylic acids is 1. The molecule has 1 aliphatic heterocycles. The lowest BCUT2D eigenvalue weighted by Gasteiger charge is -2.38. The summed E-state index contributed by atoms with van der Waals surface area (Å²) < 4.78 is 0. The van der Waals surface area contributed by atoms with Crippen molar-refractivity contribution in [1.29, 1.82) is 0 Å². The van der Waals surface area contributed by atoms with Crippen molar-refractivity contribution < 1.29 is 9.90 Å². The number of rotatable bonds is 3. The van der Waals surface area contributed by atoms with Gasteiger partial charge < -0.3 is 15.3 Å². The quantitative estimate of drug-likeness (QED) is 0.898. The van der Waals surface area contributed by atoms with Gasteiger partial charge in [0.15, 0.2) is 0 Å². The summed E-state index contributed by atoms with van der Waals surface area (Å²) >= 11 is 1.56. The number of aromatic nitrogens is 1. The zero-order valence-corrected chi connectivity index (χ0v) is 14.8. The van der Waals surface area contributed by atoms with Gasteiger partial charge in [0.1, 0.15) is 5.01 Å². The summed E-state index contributed by atoms with van der Waals surface area (Å²) in [5, 5.41) is 16.7. The number of thiazole rings is 1. The van der Waals surface area contributed by atoms with Gasteiger partial charge in [-0.15, -0.1) is 11.3 Å². The summed E-state index contributed by atoms with van der Waals surface area (Å²) in [6, 6.07) is 9.51. The van der Waals surface area contributed by atoms with Crippen molar-refractivity contribution in [2.45, 2.75) is 38.3 Å². The van der Waals surface area contributed by atoms with Crippen molar-refractivity contribution in [3.05, 3.63) is 52.0 Å². The molecule has 1 fully saturated rings. The summed E-state index contributed by atoms with van der Waals surface area (Å²) in [5.41, 5.74) is 1.06. The zero-order valence-electron chi connectivity index (χ0n) is 14.0. The lowest BCUT2D eigenvalue weighted by atomic mass is 9.84. The number of amides is 2. The summed E-state index contributed by atoms with van der Waals surface area (Å²) in [4.78, 5) is 18.6. The number of aryl methyl sites for hydroxylation is 1. The van der Waals surface area contributed by atoms with Crippen LogP contribution >= 0.6 is 11.3 Å². The van der Waals surface area contributed by atoms with E-state index in [0.717, 1.165) is 16.3 Å². The smallest absolute Gasteiger partial charge is 0.317 e. The third-order valence-corrected chi connectivity index (χ3v) is 5.68. The van der Waals surface area contributed by atoms with E-state index >= 15 is 0 Å². The molecular formula is C18H23N3O2S. The van der Waals surface area contributed by atoms with Gasteiger partial charge in [-0.05, 0) is 32.3 Å². The monoisotopic (exact) mass is 345 g/mol. The summed E-state index contributed by atoms with van der Waals surface area (Å²) in [5.74, 6) is 0. The van der Waals surface area contributed by atoms with E-state index in [1.807, 2.05) is 49.6 Å². The molecule has 2 heterocycles. The van der Waals surface area contributed by atoms with Gasteiger partial charge in [-0.25, -0.2) is 9.78 Å².